The number of aliphatic hydroxyl groups excluding tert-OH is 2. The molecule has 0 aromatic rings. The van der Waals surface area contributed by atoms with Gasteiger partial charge in [0, 0.05) is 12.8 Å². The molecule has 6 heteroatoms. The molecule has 0 spiro atoms. The summed E-state index contributed by atoms with van der Waals surface area (Å²) >= 11 is 0. The molecule has 0 heterocycles. The molecule has 0 aliphatic carbocycles. The van der Waals surface area contributed by atoms with Crippen LogP contribution in [0.4, 0.5) is 0 Å². The highest BCUT2D eigenvalue weighted by Crippen LogP contribution is 2.17. The Balaban J connectivity index is 3.47. The lowest BCUT2D eigenvalue weighted by molar-refractivity contribution is -0.143. The molecule has 0 aromatic heterocycles. The van der Waals surface area contributed by atoms with Crippen LogP contribution in [0.3, 0.4) is 0 Å². The predicted molar refractivity (Wildman–Crippen MR) is 328 cm³/mol. The second kappa shape index (κ2) is 64.1. The van der Waals surface area contributed by atoms with Gasteiger partial charge in [-0.15, -0.1) is 0 Å². The van der Waals surface area contributed by atoms with Crippen molar-refractivity contribution in [3.63, 3.8) is 0 Å². The fourth-order valence-electron chi connectivity index (χ4n) is 9.92. The van der Waals surface area contributed by atoms with E-state index in [2.05, 4.69) is 67.8 Å². The highest BCUT2D eigenvalue weighted by molar-refractivity contribution is 5.76. The Morgan fingerprint density at radius 3 is 1.05 bits per heavy atom. The lowest BCUT2D eigenvalue weighted by Crippen LogP contribution is -2.45. The van der Waals surface area contributed by atoms with Crippen molar-refractivity contribution in [1.29, 1.82) is 0 Å². The molecular formula is C69H127NO5. The van der Waals surface area contributed by atoms with E-state index in [0.717, 1.165) is 57.8 Å². The van der Waals surface area contributed by atoms with Gasteiger partial charge >= 0.3 is 5.97 Å². The maximum absolute atomic E-state index is 12.5. The Kier molecular flexibility index (Phi) is 62.0. The van der Waals surface area contributed by atoms with Crippen LogP contribution in [0.25, 0.3) is 0 Å². The van der Waals surface area contributed by atoms with Crippen LogP contribution < -0.4 is 5.32 Å². The molecule has 0 aliphatic rings. The third-order valence-electron chi connectivity index (χ3n) is 15.0. The summed E-state index contributed by atoms with van der Waals surface area (Å²) in [5.74, 6) is -0.0791. The van der Waals surface area contributed by atoms with Gasteiger partial charge in [-0.05, 0) is 89.9 Å². The van der Waals surface area contributed by atoms with Crippen LogP contribution in [0.15, 0.2) is 60.8 Å². The van der Waals surface area contributed by atoms with Gasteiger partial charge in [0.1, 0.15) is 0 Å². The van der Waals surface area contributed by atoms with E-state index in [0.29, 0.717) is 19.4 Å². The maximum Gasteiger partial charge on any atom is 0.305 e. The Morgan fingerprint density at radius 1 is 0.373 bits per heavy atom. The number of carbonyl (C=O) groups is 2. The summed E-state index contributed by atoms with van der Waals surface area (Å²) in [6.45, 7) is 4.87. The number of amides is 1. The number of aliphatic hydroxyl groups is 2. The van der Waals surface area contributed by atoms with E-state index < -0.39 is 12.1 Å². The van der Waals surface area contributed by atoms with Crippen molar-refractivity contribution < 1.29 is 24.5 Å². The lowest BCUT2D eigenvalue weighted by Gasteiger charge is -2.20. The first-order valence-corrected chi connectivity index (χ1v) is 33.1. The van der Waals surface area contributed by atoms with E-state index in [-0.39, 0.29) is 18.5 Å². The minimum Gasteiger partial charge on any atom is -0.466 e. The van der Waals surface area contributed by atoms with Crippen LogP contribution in [0.1, 0.15) is 341 Å². The van der Waals surface area contributed by atoms with Crippen molar-refractivity contribution in [2.45, 2.75) is 353 Å². The van der Waals surface area contributed by atoms with Crippen LogP contribution in [0.2, 0.25) is 0 Å². The Bertz CT molecular complexity index is 1300. The minimum absolute atomic E-state index is 0.00646. The van der Waals surface area contributed by atoms with E-state index in [9.17, 15) is 19.8 Å². The monoisotopic (exact) mass is 1050 g/mol. The molecule has 0 aromatic carbocycles. The topological polar surface area (TPSA) is 95.9 Å². The molecule has 0 saturated heterocycles. The van der Waals surface area contributed by atoms with Gasteiger partial charge < -0.3 is 20.3 Å². The average Bonchev–Trinajstić information content (AvgIpc) is 3.41. The van der Waals surface area contributed by atoms with Crippen molar-refractivity contribution >= 4 is 11.9 Å². The summed E-state index contributed by atoms with van der Waals surface area (Å²) in [7, 11) is 0. The molecule has 0 bridgehead atoms. The first-order valence-electron chi connectivity index (χ1n) is 33.1. The molecule has 0 aliphatic heterocycles. The van der Waals surface area contributed by atoms with Gasteiger partial charge in [-0.2, -0.15) is 0 Å². The molecule has 0 radical (unpaired) electrons. The number of esters is 1. The zero-order valence-corrected chi connectivity index (χ0v) is 50.0. The van der Waals surface area contributed by atoms with Crippen molar-refractivity contribution in [2.24, 2.45) is 0 Å². The van der Waals surface area contributed by atoms with Gasteiger partial charge in [0.15, 0.2) is 0 Å². The normalized spacial score (nSPS) is 13.0. The SMILES string of the molecule is CCCC/C=C\C/C=C\CCCCCCCC(=O)OCCCCCCCCCCC/C=C\C/C=C\CCCCCCCCCCCC(=O)NC(CO)C(O)/C=C/CCCCCCCCCCCCCCCCCCC. The summed E-state index contributed by atoms with van der Waals surface area (Å²) in [5, 5.41) is 23.2. The van der Waals surface area contributed by atoms with Crippen molar-refractivity contribution in [2.75, 3.05) is 13.2 Å². The molecule has 438 valence electrons. The lowest BCUT2D eigenvalue weighted by atomic mass is 10.0. The fourth-order valence-corrected chi connectivity index (χ4v) is 9.92. The van der Waals surface area contributed by atoms with Crippen LogP contribution >= 0.6 is 0 Å². The average molecular weight is 1050 g/mol. The largest absolute Gasteiger partial charge is 0.466 e. The summed E-state index contributed by atoms with van der Waals surface area (Å²) < 4.78 is 5.47. The minimum atomic E-state index is -0.850. The maximum atomic E-state index is 12.5. The predicted octanol–water partition coefficient (Wildman–Crippen LogP) is 21.1. The quantitative estimate of drug-likeness (QED) is 0.0320. The smallest absolute Gasteiger partial charge is 0.305 e. The van der Waals surface area contributed by atoms with Crippen LogP contribution in [0.5, 0.6) is 0 Å². The Labute approximate surface area is 467 Å². The second-order valence-corrected chi connectivity index (χ2v) is 22.4. The summed E-state index contributed by atoms with van der Waals surface area (Å²) in [5.41, 5.74) is 0. The zero-order valence-electron chi connectivity index (χ0n) is 50.0. The Morgan fingerprint density at radius 2 is 0.680 bits per heavy atom. The van der Waals surface area contributed by atoms with Gasteiger partial charge in [0.25, 0.3) is 0 Å². The summed E-state index contributed by atoms with van der Waals surface area (Å²) in [4.78, 5) is 24.5. The number of ether oxygens (including phenoxy) is 1. The first-order chi connectivity index (χ1) is 37.0. The number of rotatable bonds is 61. The number of hydrogen-bond acceptors (Lipinski definition) is 5. The standard InChI is InChI=1S/C69H127NO5/c1-3-5-7-9-11-13-15-17-19-20-28-31-34-37-41-45-49-53-57-61-67(72)66(65-71)70-68(73)62-58-54-50-46-42-38-35-32-29-26-24-22-21-23-25-27-30-33-36-40-44-48-52-56-60-64-75-69(74)63-59-55-51-47-43-39-18-16-14-12-10-8-6-4-2/h10,12,16,18,22-25,57,61,66-67,71-72H,3-9,11,13-15,17,19-21,26-56,58-60,62-65H2,1-2H3,(H,70,73)/b12-10-,18-16-,24-22-,25-23-,61-57+. The van der Waals surface area contributed by atoms with Gasteiger partial charge in [-0.1, -0.05) is 299 Å². The van der Waals surface area contributed by atoms with Crippen LogP contribution in [-0.2, 0) is 14.3 Å². The third-order valence-corrected chi connectivity index (χ3v) is 15.0. The molecule has 2 atom stereocenters. The van der Waals surface area contributed by atoms with Crippen LogP contribution in [0, 0.1) is 0 Å². The van der Waals surface area contributed by atoms with Gasteiger partial charge in [-0.25, -0.2) is 0 Å². The first kappa shape index (κ1) is 72.6. The van der Waals surface area contributed by atoms with Crippen LogP contribution in [-0.4, -0.2) is 47.4 Å². The third kappa shape index (κ3) is 60.6. The molecular weight excluding hydrogens is 923 g/mol. The van der Waals surface area contributed by atoms with Gasteiger partial charge in [0.05, 0.1) is 25.4 Å². The number of nitrogens with one attached hydrogen (secondary N) is 1. The zero-order chi connectivity index (χ0) is 54.3. The highest BCUT2D eigenvalue weighted by Gasteiger charge is 2.18. The van der Waals surface area contributed by atoms with E-state index in [4.69, 9.17) is 4.74 Å². The van der Waals surface area contributed by atoms with E-state index in [1.54, 1.807) is 6.08 Å². The molecule has 0 fully saturated rings. The second-order valence-electron chi connectivity index (χ2n) is 22.4. The number of hydrogen-bond donors (Lipinski definition) is 3. The van der Waals surface area contributed by atoms with Crippen molar-refractivity contribution in [1.82, 2.24) is 5.32 Å². The van der Waals surface area contributed by atoms with E-state index in [1.165, 1.54) is 257 Å². The van der Waals surface area contributed by atoms with E-state index >= 15 is 0 Å². The molecule has 1 amide bonds. The summed E-state index contributed by atoms with van der Waals surface area (Å²) in [6, 6.07) is -0.634. The number of allylic oxidation sites excluding steroid dienone is 9. The van der Waals surface area contributed by atoms with E-state index in [1.807, 2.05) is 6.08 Å². The molecule has 3 N–H and O–H groups in total. The van der Waals surface area contributed by atoms with Crippen molar-refractivity contribution in [3.05, 3.63) is 60.8 Å². The fraction of sp³-hybridized carbons (Fsp3) is 0.826. The Hall–Kier alpha value is -2.44. The molecule has 0 saturated carbocycles. The summed E-state index contributed by atoms with van der Waals surface area (Å²) in [6.07, 6.45) is 84.1. The van der Waals surface area contributed by atoms with Gasteiger partial charge in [0.2, 0.25) is 5.91 Å². The molecule has 75 heavy (non-hydrogen) atoms. The molecule has 0 rings (SSSR count). The number of unbranched alkanes of at least 4 members (excludes halogenated alkanes) is 42. The molecule has 6 nitrogen and oxygen atoms in total. The molecule has 2 unspecified atom stereocenters. The highest BCUT2D eigenvalue weighted by atomic mass is 16.5. The van der Waals surface area contributed by atoms with Gasteiger partial charge in [-0.3, -0.25) is 9.59 Å². The van der Waals surface area contributed by atoms with Crippen molar-refractivity contribution in [3.8, 4) is 0 Å². The number of carbonyl (C=O) groups excluding carboxylic acids is 2.